The Morgan fingerprint density at radius 2 is 2.38 bits per heavy atom. The quantitative estimate of drug-likeness (QED) is 0.889. The van der Waals surface area contributed by atoms with Gasteiger partial charge in [0.15, 0.2) is 0 Å². The minimum atomic E-state index is -0.0602. The first-order chi connectivity index (χ1) is 7.68. The normalized spacial score (nSPS) is 10.4. The van der Waals surface area contributed by atoms with Crippen LogP contribution in [-0.2, 0) is 6.54 Å². The van der Waals surface area contributed by atoms with Gasteiger partial charge in [-0.05, 0) is 25.3 Å². The van der Waals surface area contributed by atoms with Gasteiger partial charge in [-0.15, -0.1) is 11.3 Å². The van der Waals surface area contributed by atoms with Gasteiger partial charge in [-0.2, -0.15) is 0 Å². The second-order valence-electron chi connectivity index (χ2n) is 3.46. The first-order valence-corrected chi connectivity index (χ1v) is 5.80. The number of amides is 1. The molecule has 4 nitrogen and oxygen atoms in total. The fourth-order valence-corrected chi connectivity index (χ4v) is 2.06. The number of carbonyl (C=O) groups is 1. The summed E-state index contributed by atoms with van der Waals surface area (Å²) in [5.74, 6) is 0.693. The number of aryl methyl sites for hydroxylation is 2. The van der Waals surface area contributed by atoms with Crippen LogP contribution in [0.15, 0.2) is 22.0 Å². The molecule has 0 aromatic carbocycles. The topological polar surface area (TPSA) is 55.1 Å². The van der Waals surface area contributed by atoms with Crippen molar-refractivity contribution < 1.29 is 9.32 Å². The summed E-state index contributed by atoms with van der Waals surface area (Å²) in [5.41, 5.74) is 1.77. The lowest BCUT2D eigenvalue weighted by Gasteiger charge is -2.02. The van der Waals surface area contributed by atoms with Crippen molar-refractivity contribution in [3.63, 3.8) is 0 Å². The summed E-state index contributed by atoms with van der Waals surface area (Å²) < 4.78 is 5.02. The molecule has 1 amide bonds. The predicted octanol–water partition coefficient (Wildman–Crippen LogP) is 2.28. The molecule has 0 atom stereocenters. The molecule has 16 heavy (non-hydrogen) atoms. The lowest BCUT2D eigenvalue weighted by atomic mass is 10.2. The number of rotatable bonds is 3. The molecule has 0 aliphatic carbocycles. The van der Waals surface area contributed by atoms with Gasteiger partial charge in [-0.3, -0.25) is 4.79 Å². The summed E-state index contributed by atoms with van der Waals surface area (Å²) in [6, 6.07) is 3.66. The van der Waals surface area contributed by atoms with E-state index >= 15 is 0 Å². The van der Waals surface area contributed by atoms with Crippen molar-refractivity contribution in [1.82, 2.24) is 10.5 Å². The van der Waals surface area contributed by atoms with Crippen molar-refractivity contribution in [3.05, 3.63) is 39.4 Å². The van der Waals surface area contributed by atoms with Crippen LogP contribution in [0.3, 0.4) is 0 Å². The fraction of sp³-hybridized carbons (Fsp3) is 0.273. The molecule has 0 aliphatic heterocycles. The number of hydrogen-bond donors (Lipinski definition) is 1. The maximum atomic E-state index is 11.7. The minimum Gasteiger partial charge on any atom is -0.361 e. The lowest BCUT2D eigenvalue weighted by Crippen LogP contribution is -2.22. The molecule has 0 saturated heterocycles. The van der Waals surface area contributed by atoms with Gasteiger partial charge in [-0.1, -0.05) is 11.2 Å². The predicted molar refractivity (Wildman–Crippen MR) is 61.5 cm³/mol. The molecule has 0 aliphatic rings. The van der Waals surface area contributed by atoms with Gasteiger partial charge in [-0.25, -0.2) is 0 Å². The fourth-order valence-electron chi connectivity index (χ4n) is 1.42. The van der Waals surface area contributed by atoms with Gasteiger partial charge in [0.05, 0.1) is 10.6 Å². The Morgan fingerprint density at radius 3 is 2.94 bits per heavy atom. The van der Waals surface area contributed by atoms with Crippen molar-refractivity contribution >= 4 is 17.2 Å². The monoisotopic (exact) mass is 236 g/mol. The van der Waals surface area contributed by atoms with E-state index in [1.165, 1.54) is 11.3 Å². The third kappa shape index (κ3) is 2.14. The highest BCUT2D eigenvalue weighted by Gasteiger charge is 2.11. The molecular formula is C11H12N2O2S. The van der Waals surface area contributed by atoms with Crippen LogP contribution in [0.2, 0.25) is 0 Å². The Balaban J connectivity index is 2.01. The van der Waals surface area contributed by atoms with Crippen molar-refractivity contribution in [2.45, 2.75) is 20.4 Å². The standard InChI is InChI=1S/C11H12N2O2S/c1-7-9(8(2)15-13-7)6-12-11(14)10-4-3-5-16-10/h3-5H,6H2,1-2H3,(H,12,14). The number of nitrogens with zero attached hydrogens (tertiary/aromatic N) is 1. The maximum absolute atomic E-state index is 11.7. The summed E-state index contributed by atoms with van der Waals surface area (Å²) in [5, 5.41) is 8.55. The summed E-state index contributed by atoms with van der Waals surface area (Å²) in [6.45, 7) is 4.16. The molecular weight excluding hydrogens is 224 g/mol. The Hall–Kier alpha value is -1.62. The molecule has 0 radical (unpaired) electrons. The first-order valence-electron chi connectivity index (χ1n) is 4.92. The van der Waals surface area contributed by atoms with Crippen molar-refractivity contribution in [1.29, 1.82) is 0 Å². The summed E-state index contributed by atoms with van der Waals surface area (Å²) in [6.07, 6.45) is 0. The molecule has 1 N–H and O–H groups in total. The van der Waals surface area contributed by atoms with E-state index in [0.717, 1.165) is 17.0 Å². The van der Waals surface area contributed by atoms with Crippen molar-refractivity contribution in [3.8, 4) is 0 Å². The van der Waals surface area contributed by atoms with Crippen LogP contribution < -0.4 is 5.32 Å². The van der Waals surface area contributed by atoms with Crippen LogP contribution in [0.4, 0.5) is 0 Å². The number of carbonyl (C=O) groups excluding carboxylic acids is 1. The average molecular weight is 236 g/mol. The molecule has 0 bridgehead atoms. The summed E-state index contributed by atoms with van der Waals surface area (Å²) >= 11 is 1.43. The number of hydrogen-bond acceptors (Lipinski definition) is 4. The van der Waals surface area contributed by atoms with Gasteiger partial charge in [0.2, 0.25) is 0 Å². The molecule has 5 heteroatoms. The van der Waals surface area contributed by atoms with Gasteiger partial charge < -0.3 is 9.84 Å². The van der Waals surface area contributed by atoms with Crippen LogP contribution in [-0.4, -0.2) is 11.1 Å². The lowest BCUT2D eigenvalue weighted by molar-refractivity contribution is 0.0955. The minimum absolute atomic E-state index is 0.0602. The van der Waals surface area contributed by atoms with Crippen LogP contribution in [0, 0.1) is 13.8 Å². The zero-order chi connectivity index (χ0) is 11.5. The summed E-state index contributed by atoms with van der Waals surface area (Å²) in [7, 11) is 0. The van der Waals surface area contributed by atoms with E-state index in [4.69, 9.17) is 4.52 Å². The highest BCUT2D eigenvalue weighted by Crippen LogP contribution is 2.13. The van der Waals surface area contributed by atoms with E-state index < -0.39 is 0 Å². The molecule has 84 valence electrons. The molecule has 0 saturated carbocycles. The van der Waals surface area contributed by atoms with E-state index in [1.54, 1.807) is 6.07 Å². The third-order valence-corrected chi connectivity index (χ3v) is 3.22. The van der Waals surface area contributed by atoms with Gasteiger partial charge >= 0.3 is 0 Å². The molecule has 0 fully saturated rings. The maximum Gasteiger partial charge on any atom is 0.261 e. The molecule has 2 heterocycles. The summed E-state index contributed by atoms with van der Waals surface area (Å²) in [4.78, 5) is 12.4. The Kier molecular flexibility index (Phi) is 3.05. The van der Waals surface area contributed by atoms with Gasteiger partial charge in [0, 0.05) is 12.1 Å². The van der Waals surface area contributed by atoms with E-state index in [-0.39, 0.29) is 5.91 Å². The van der Waals surface area contributed by atoms with E-state index in [0.29, 0.717) is 11.4 Å². The Morgan fingerprint density at radius 1 is 1.56 bits per heavy atom. The highest BCUT2D eigenvalue weighted by molar-refractivity contribution is 7.12. The Labute approximate surface area is 97.3 Å². The smallest absolute Gasteiger partial charge is 0.261 e. The van der Waals surface area contributed by atoms with E-state index in [1.807, 2.05) is 25.3 Å². The van der Waals surface area contributed by atoms with Crippen LogP contribution in [0.25, 0.3) is 0 Å². The molecule has 0 spiro atoms. The zero-order valence-electron chi connectivity index (χ0n) is 9.11. The first kappa shape index (κ1) is 10.9. The number of thiophene rings is 1. The number of nitrogens with one attached hydrogen (secondary N) is 1. The van der Waals surface area contributed by atoms with E-state index in [2.05, 4.69) is 10.5 Å². The van der Waals surface area contributed by atoms with E-state index in [9.17, 15) is 4.79 Å². The molecule has 0 unspecified atom stereocenters. The van der Waals surface area contributed by atoms with Crippen molar-refractivity contribution in [2.75, 3.05) is 0 Å². The van der Waals surface area contributed by atoms with Crippen LogP contribution >= 0.6 is 11.3 Å². The van der Waals surface area contributed by atoms with Gasteiger partial charge in [0.1, 0.15) is 5.76 Å². The molecule has 2 rings (SSSR count). The highest BCUT2D eigenvalue weighted by atomic mass is 32.1. The van der Waals surface area contributed by atoms with Gasteiger partial charge in [0.25, 0.3) is 5.91 Å². The largest absolute Gasteiger partial charge is 0.361 e. The van der Waals surface area contributed by atoms with Crippen LogP contribution in [0.5, 0.6) is 0 Å². The third-order valence-electron chi connectivity index (χ3n) is 2.35. The van der Waals surface area contributed by atoms with Crippen molar-refractivity contribution in [2.24, 2.45) is 0 Å². The Bertz CT molecular complexity index is 469. The molecule has 2 aromatic rings. The SMILES string of the molecule is Cc1noc(C)c1CNC(=O)c1cccs1. The number of aromatic nitrogens is 1. The van der Waals surface area contributed by atoms with Crippen LogP contribution in [0.1, 0.15) is 26.7 Å². The average Bonchev–Trinajstić information content (AvgIpc) is 2.87. The second-order valence-corrected chi connectivity index (χ2v) is 4.41. The molecule has 2 aromatic heterocycles. The zero-order valence-corrected chi connectivity index (χ0v) is 9.93. The second kappa shape index (κ2) is 4.49.